The number of amides is 1. The van der Waals surface area contributed by atoms with Crippen LogP contribution in [0.2, 0.25) is 0 Å². The van der Waals surface area contributed by atoms with E-state index < -0.39 is 9.84 Å². The third kappa shape index (κ3) is 5.50. The van der Waals surface area contributed by atoms with Crippen molar-refractivity contribution in [3.63, 3.8) is 0 Å². The summed E-state index contributed by atoms with van der Waals surface area (Å²) in [6.45, 7) is 4.27. The lowest BCUT2D eigenvalue weighted by Crippen LogP contribution is -2.41. The van der Waals surface area contributed by atoms with Crippen LogP contribution in [0.5, 0.6) is 0 Å². The zero-order valence-corrected chi connectivity index (χ0v) is 11.4. The summed E-state index contributed by atoms with van der Waals surface area (Å²) in [6, 6.07) is 0.372. The van der Waals surface area contributed by atoms with Gasteiger partial charge in [-0.1, -0.05) is 0 Å². The minimum Gasteiger partial charge on any atom is -0.341 e. The van der Waals surface area contributed by atoms with Crippen molar-refractivity contribution in [2.75, 3.05) is 31.6 Å². The first-order valence-electron chi connectivity index (χ1n) is 6.11. The van der Waals surface area contributed by atoms with Gasteiger partial charge in [0.2, 0.25) is 5.91 Å². The van der Waals surface area contributed by atoms with Gasteiger partial charge in [0.1, 0.15) is 9.84 Å². The normalized spacial score (nSPS) is 20.5. The predicted octanol–water partition coefficient (Wildman–Crippen LogP) is 0.0216. The largest absolute Gasteiger partial charge is 0.341 e. The van der Waals surface area contributed by atoms with Crippen molar-refractivity contribution in [2.45, 2.75) is 32.2 Å². The van der Waals surface area contributed by atoms with Crippen LogP contribution in [0.4, 0.5) is 0 Å². The Kier molecular flexibility index (Phi) is 5.39. The number of rotatable bonds is 6. The van der Waals surface area contributed by atoms with Crippen LogP contribution in [0.15, 0.2) is 0 Å². The number of hydrogen-bond acceptors (Lipinski definition) is 4. The molecule has 100 valence electrons. The summed E-state index contributed by atoms with van der Waals surface area (Å²) in [4.78, 5) is 13.6. The molecule has 0 radical (unpaired) electrons. The topological polar surface area (TPSA) is 66.5 Å². The molecule has 0 aromatic rings. The molecule has 17 heavy (non-hydrogen) atoms. The first kappa shape index (κ1) is 14.4. The zero-order chi connectivity index (χ0) is 12.9. The summed E-state index contributed by atoms with van der Waals surface area (Å²) in [5.41, 5.74) is 0. The molecular weight excluding hydrogens is 240 g/mol. The van der Waals surface area contributed by atoms with E-state index in [4.69, 9.17) is 0 Å². The van der Waals surface area contributed by atoms with Gasteiger partial charge in [-0.25, -0.2) is 8.42 Å². The number of likely N-dealkylation sites (N-methyl/N-ethyl adjacent to an activating group) is 1. The van der Waals surface area contributed by atoms with Crippen LogP contribution in [-0.4, -0.2) is 56.9 Å². The van der Waals surface area contributed by atoms with E-state index in [9.17, 15) is 13.2 Å². The fourth-order valence-corrected chi connectivity index (χ4v) is 2.56. The second-order valence-corrected chi connectivity index (χ2v) is 6.87. The first-order valence-corrected chi connectivity index (χ1v) is 8.17. The highest BCUT2D eigenvalue weighted by Gasteiger charge is 2.20. The van der Waals surface area contributed by atoms with Crippen LogP contribution < -0.4 is 5.32 Å². The van der Waals surface area contributed by atoms with Gasteiger partial charge in [0.15, 0.2) is 0 Å². The average molecular weight is 262 g/mol. The van der Waals surface area contributed by atoms with Gasteiger partial charge in [0.25, 0.3) is 0 Å². The Bertz CT molecular complexity index is 348. The third-order valence-electron chi connectivity index (χ3n) is 3.02. The molecule has 1 aliphatic rings. The van der Waals surface area contributed by atoms with Crippen molar-refractivity contribution >= 4 is 15.7 Å². The Hall–Kier alpha value is -0.620. The summed E-state index contributed by atoms with van der Waals surface area (Å²) < 4.78 is 22.0. The average Bonchev–Trinajstić information content (AvgIpc) is 2.74. The van der Waals surface area contributed by atoms with Gasteiger partial charge in [-0.05, 0) is 26.3 Å². The van der Waals surface area contributed by atoms with Crippen molar-refractivity contribution in [1.29, 1.82) is 0 Å². The van der Waals surface area contributed by atoms with E-state index in [-0.39, 0.29) is 18.1 Å². The molecule has 1 aliphatic heterocycles. The minimum absolute atomic E-state index is 0.0551. The van der Waals surface area contributed by atoms with Crippen molar-refractivity contribution < 1.29 is 13.2 Å². The maximum absolute atomic E-state index is 11.8. The molecule has 0 spiro atoms. The summed E-state index contributed by atoms with van der Waals surface area (Å²) in [5.74, 6) is -0.118. The van der Waals surface area contributed by atoms with Crippen LogP contribution in [0, 0.1) is 0 Å². The molecule has 1 unspecified atom stereocenters. The molecule has 0 aromatic carbocycles. The van der Waals surface area contributed by atoms with E-state index in [0.29, 0.717) is 19.1 Å². The van der Waals surface area contributed by atoms with Crippen LogP contribution in [0.1, 0.15) is 26.2 Å². The van der Waals surface area contributed by atoms with Gasteiger partial charge < -0.3 is 10.2 Å². The monoisotopic (exact) mass is 262 g/mol. The van der Waals surface area contributed by atoms with Crippen molar-refractivity contribution in [1.82, 2.24) is 10.2 Å². The second kappa shape index (κ2) is 6.35. The molecule has 1 fully saturated rings. The van der Waals surface area contributed by atoms with E-state index in [2.05, 4.69) is 5.32 Å². The number of nitrogens with one attached hydrogen (secondary N) is 1. The van der Waals surface area contributed by atoms with E-state index in [1.807, 2.05) is 6.92 Å². The number of carbonyl (C=O) groups excluding carboxylic acids is 1. The van der Waals surface area contributed by atoms with Gasteiger partial charge in [0.05, 0.1) is 5.75 Å². The van der Waals surface area contributed by atoms with Gasteiger partial charge in [-0.2, -0.15) is 0 Å². The van der Waals surface area contributed by atoms with Crippen LogP contribution in [0.25, 0.3) is 0 Å². The number of carbonyl (C=O) groups is 1. The molecule has 5 nitrogen and oxygen atoms in total. The van der Waals surface area contributed by atoms with Crippen LogP contribution in [-0.2, 0) is 14.6 Å². The fourth-order valence-electron chi connectivity index (χ4n) is 2.02. The van der Waals surface area contributed by atoms with Gasteiger partial charge in [-0.3, -0.25) is 4.79 Å². The molecule has 0 aliphatic carbocycles. The molecule has 6 heteroatoms. The number of nitrogens with zero attached hydrogens (tertiary/aromatic N) is 1. The number of hydrogen-bond donors (Lipinski definition) is 1. The zero-order valence-electron chi connectivity index (χ0n) is 10.6. The van der Waals surface area contributed by atoms with Crippen LogP contribution >= 0.6 is 0 Å². The molecule has 0 bridgehead atoms. The highest BCUT2D eigenvalue weighted by Crippen LogP contribution is 2.08. The molecule has 1 saturated heterocycles. The lowest BCUT2D eigenvalue weighted by molar-refractivity contribution is -0.130. The molecule has 0 saturated carbocycles. The molecular formula is C11H22N2O3S. The smallest absolute Gasteiger partial charge is 0.223 e. The Morgan fingerprint density at radius 2 is 2.18 bits per heavy atom. The Morgan fingerprint density at radius 1 is 1.47 bits per heavy atom. The van der Waals surface area contributed by atoms with Crippen molar-refractivity contribution in [3.05, 3.63) is 0 Å². The van der Waals surface area contributed by atoms with E-state index in [1.54, 1.807) is 4.90 Å². The van der Waals surface area contributed by atoms with Gasteiger partial charge >= 0.3 is 0 Å². The van der Waals surface area contributed by atoms with Gasteiger partial charge in [-0.15, -0.1) is 0 Å². The van der Waals surface area contributed by atoms with E-state index >= 15 is 0 Å². The highest BCUT2D eigenvalue weighted by molar-refractivity contribution is 7.90. The summed E-state index contributed by atoms with van der Waals surface area (Å²) in [7, 11) is -3.05. The molecule has 1 atom stereocenters. The SMILES string of the molecule is CCN(CC1CCCN1)C(=O)CCS(C)(=O)=O. The minimum atomic E-state index is -3.05. The summed E-state index contributed by atoms with van der Waals surface area (Å²) in [5, 5.41) is 3.34. The summed E-state index contributed by atoms with van der Waals surface area (Å²) in [6.07, 6.45) is 3.50. The lowest BCUT2D eigenvalue weighted by atomic mass is 10.2. The lowest BCUT2D eigenvalue weighted by Gasteiger charge is -2.24. The summed E-state index contributed by atoms with van der Waals surface area (Å²) >= 11 is 0. The van der Waals surface area contributed by atoms with Crippen molar-refractivity contribution in [3.8, 4) is 0 Å². The Balaban J connectivity index is 2.40. The fraction of sp³-hybridized carbons (Fsp3) is 0.909. The molecule has 1 heterocycles. The standard InChI is InChI=1S/C11H22N2O3S/c1-3-13(9-10-5-4-7-12-10)11(14)6-8-17(2,15)16/h10,12H,3-9H2,1-2H3. The van der Waals surface area contributed by atoms with Crippen LogP contribution in [0.3, 0.4) is 0 Å². The quantitative estimate of drug-likeness (QED) is 0.733. The molecule has 0 aromatic heterocycles. The molecule has 1 rings (SSSR count). The molecule has 1 amide bonds. The van der Waals surface area contributed by atoms with Gasteiger partial charge in [0, 0.05) is 31.8 Å². The third-order valence-corrected chi connectivity index (χ3v) is 3.97. The Labute approximate surface area is 103 Å². The van der Waals surface area contributed by atoms with Crippen molar-refractivity contribution in [2.24, 2.45) is 0 Å². The Morgan fingerprint density at radius 3 is 2.65 bits per heavy atom. The molecule has 1 N–H and O–H groups in total. The number of sulfone groups is 1. The second-order valence-electron chi connectivity index (χ2n) is 4.61. The maximum atomic E-state index is 11.8. The van der Waals surface area contributed by atoms with E-state index in [0.717, 1.165) is 25.6 Å². The predicted molar refractivity (Wildman–Crippen MR) is 67.6 cm³/mol. The van der Waals surface area contributed by atoms with E-state index in [1.165, 1.54) is 0 Å². The maximum Gasteiger partial charge on any atom is 0.223 e. The first-order chi connectivity index (χ1) is 7.92. The highest BCUT2D eigenvalue weighted by atomic mass is 32.2.